The van der Waals surface area contributed by atoms with Gasteiger partial charge in [0.1, 0.15) is 0 Å². The molecule has 2 aliphatic rings. The molecule has 1 saturated heterocycles. The van der Waals surface area contributed by atoms with Crippen molar-refractivity contribution in [3.05, 3.63) is 39.7 Å². The Morgan fingerprint density at radius 3 is 2.70 bits per heavy atom. The van der Waals surface area contributed by atoms with Gasteiger partial charge in [-0.25, -0.2) is 0 Å². The van der Waals surface area contributed by atoms with Crippen LogP contribution in [0.1, 0.15) is 5.56 Å². The summed E-state index contributed by atoms with van der Waals surface area (Å²) in [5.74, 6) is -1.64. The number of carbonyl (C=O) groups excluding carboxylic acids is 1. The Hall–Kier alpha value is -1.29. The Labute approximate surface area is 129 Å². The van der Waals surface area contributed by atoms with Crippen LogP contribution in [0.4, 0.5) is 0 Å². The van der Waals surface area contributed by atoms with E-state index in [9.17, 15) is 9.90 Å². The summed E-state index contributed by atoms with van der Waals surface area (Å²) in [6, 6.07) is 9.68. The number of hydrogen-bond acceptors (Lipinski definition) is 4. The Balaban J connectivity index is 1.94. The summed E-state index contributed by atoms with van der Waals surface area (Å²) in [6.07, 6.45) is -0.969. The van der Waals surface area contributed by atoms with E-state index in [1.807, 2.05) is 35.7 Å². The SMILES string of the molecule is N#CC1C(=O)NC2SC=C(c3ccc(Br)cc3)C2C1O. The quantitative estimate of drug-likeness (QED) is 0.813. The van der Waals surface area contributed by atoms with E-state index in [2.05, 4.69) is 21.2 Å². The van der Waals surface area contributed by atoms with E-state index < -0.39 is 12.0 Å². The van der Waals surface area contributed by atoms with Gasteiger partial charge in [-0.2, -0.15) is 5.26 Å². The first-order valence-corrected chi connectivity index (χ1v) is 7.85. The Morgan fingerprint density at radius 2 is 2.05 bits per heavy atom. The topological polar surface area (TPSA) is 73.1 Å². The second-order valence-electron chi connectivity index (χ2n) is 4.77. The van der Waals surface area contributed by atoms with Crippen LogP contribution in [0, 0.1) is 23.2 Å². The Bertz CT molecular complexity index is 623. The molecule has 2 heterocycles. The highest BCUT2D eigenvalue weighted by Gasteiger charge is 2.47. The average Bonchev–Trinajstić information content (AvgIpc) is 2.84. The van der Waals surface area contributed by atoms with Gasteiger partial charge in [-0.1, -0.05) is 28.1 Å². The largest absolute Gasteiger partial charge is 0.390 e. The summed E-state index contributed by atoms with van der Waals surface area (Å²) in [4.78, 5) is 11.7. The highest BCUT2D eigenvalue weighted by Crippen LogP contribution is 2.45. The van der Waals surface area contributed by atoms with Crippen molar-refractivity contribution < 1.29 is 9.90 Å². The third-order valence-corrected chi connectivity index (χ3v) is 5.24. The van der Waals surface area contributed by atoms with Crippen LogP contribution in [0.3, 0.4) is 0 Å². The maximum atomic E-state index is 11.7. The maximum absolute atomic E-state index is 11.7. The molecule has 1 aromatic carbocycles. The fraction of sp³-hybridized carbons (Fsp3) is 0.286. The van der Waals surface area contributed by atoms with E-state index in [-0.39, 0.29) is 17.2 Å². The number of piperidine rings is 1. The van der Waals surface area contributed by atoms with Crippen molar-refractivity contribution >= 4 is 39.2 Å². The zero-order valence-corrected chi connectivity index (χ0v) is 12.7. The van der Waals surface area contributed by atoms with Gasteiger partial charge in [0.2, 0.25) is 5.91 Å². The van der Waals surface area contributed by atoms with Crippen LogP contribution in [-0.4, -0.2) is 22.5 Å². The standard InChI is InChI=1S/C14H11BrN2O2S/c15-8-3-1-7(2-4-8)10-6-20-14-11(10)12(18)9(5-16)13(19)17-14/h1-4,6,9,11-12,14,18H,(H,17,19). The summed E-state index contributed by atoms with van der Waals surface area (Å²) < 4.78 is 0.983. The number of aliphatic hydroxyl groups excluding tert-OH is 1. The molecule has 4 nitrogen and oxygen atoms in total. The molecular weight excluding hydrogens is 340 g/mol. The van der Waals surface area contributed by atoms with Crippen molar-refractivity contribution in [1.82, 2.24) is 5.32 Å². The third kappa shape index (κ3) is 2.16. The molecule has 0 radical (unpaired) electrons. The summed E-state index contributed by atoms with van der Waals surface area (Å²) in [5.41, 5.74) is 1.97. The highest BCUT2D eigenvalue weighted by molar-refractivity contribution is 9.10. The number of fused-ring (bicyclic) bond motifs is 1. The first kappa shape index (κ1) is 13.7. The van der Waals surface area contributed by atoms with Crippen LogP contribution in [0.15, 0.2) is 34.1 Å². The van der Waals surface area contributed by atoms with Crippen molar-refractivity contribution in [2.24, 2.45) is 11.8 Å². The van der Waals surface area contributed by atoms with Crippen LogP contribution in [0.2, 0.25) is 0 Å². The molecule has 0 aliphatic carbocycles. The van der Waals surface area contributed by atoms with E-state index >= 15 is 0 Å². The molecule has 102 valence electrons. The molecule has 1 amide bonds. The zero-order chi connectivity index (χ0) is 14.3. The van der Waals surface area contributed by atoms with E-state index in [4.69, 9.17) is 5.26 Å². The number of nitriles is 1. The van der Waals surface area contributed by atoms with E-state index in [0.717, 1.165) is 15.6 Å². The molecule has 6 heteroatoms. The molecule has 0 spiro atoms. The molecule has 3 rings (SSSR count). The minimum absolute atomic E-state index is 0.194. The Kier molecular flexibility index (Phi) is 3.59. The van der Waals surface area contributed by atoms with Gasteiger partial charge in [-0.15, -0.1) is 11.8 Å². The lowest BCUT2D eigenvalue weighted by atomic mass is 9.80. The minimum Gasteiger partial charge on any atom is -0.390 e. The van der Waals surface area contributed by atoms with Crippen molar-refractivity contribution in [3.8, 4) is 6.07 Å². The zero-order valence-electron chi connectivity index (χ0n) is 10.3. The van der Waals surface area contributed by atoms with Gasteiger partial charge >= 0.3 is 0 Å². The number of nitrogens with zero attached hydrogens (tertiary/aromatic N) is 1. The van der Waals surface area contributed by atoms with Crippen molar-refractivity contribution in [2.75, 3.05) is 0 Å². The first-order valence-electron chi connectivity index (χ1n) is 6.11. The van der Waals surface area contributed by atoms with Gasteiger partial charge in [0.25, 0.3) is 0 Å². The average molecular weight is 351 g/mol. The number of halogens is 1. The number of amides is 1. The van der Waals surface area contributed by atoms with Crippen molar-refractivity contribution in [2.45, 2.75) is 11.5 Å². The van der Waals surface area contributed by atoms with E-state index in [1.165, 1.54) is 11.8 Å². The molecular formula is C14H11BrN2O2S. The molecule has 0 bridgehead atoms. The first-order chi connectivity index (χ1) is 9.61. The smallest absolute Gasteiger partial charge is 0.240 e. The molecule has 2 aliphatic heterocycles. The number of benzene rings is 1. The molecule has 1 fully saturated rings. The molecule has 20 heavy (non-hydrogen) atoms. The van der Waals surface area contributed by atoms with Crippen LogP contribution < -0.4 is 5.32 Å². The lowest BCUT2D eigenvalue weighted by Crippen LogP contribution is -2.54. The monoisotopic (exact) mass is 350 g/mol. The number of nitrogens with one attached hydrogen (secondary N) is 1. The molecule has 4 unspecified atom stereocenters. The molecule has 0 aromatic heterocycles. The summed E-state index contributed by atoms with van der Waals surface area (Å²) in [5, 5.41) is 24.0. The van der Waals surface area contributed by atoms with Gasteiger partial charge in [-0.3, -0.25) is 4.79 Å². The van der Waals surface area contributed by atoms with E-state index in [1.54, 1.807) is 0 Å². The second-order valence-corrected chi connectivity index (χ2v) is 6.70. The number of thioether (sulfide) groups is 1. The van der Waals surface area contributed by atoms with Gasteiger partial charge in [0.05, 0.1) is 17.5 Å². The predicted octanol–water partition coefficient (Wildman–Crippen LogP) is 2.11. The Morgan fingerprint density at radius 1 is 1.35 bits per heavy atom. The molecule has 4 atom stereocenters. The van der Waals surface area contributed by atoms with Gasteiger partial charge < -0.3 is 10.4 Å². The van der Waals surface area contributed by atoms with Crippen LogP contribution >= 0.6 is 27.7 Å². The van der Waals surface area contributed by atoms with Gasteiger partial charge in [0, 0.05) is 10.4 Å². The fourth-order valence-corrected chi connectivity index (χ4v) is 4.10. The normalized spacial score (nSPS) is 32.0. The molecule has 2 N–H and O–H groups in total. The van der Waals surface area contributed by atoms with Gasteiger partial charge in [-0.05, 0) is 28.7 Å². The predicted molar refractivity (Wildman–Crippen MR) is 80.2 cm³/mol. The lowest BCUT2D eigenvalue weighted by molar-refractivity contribution is -0.130. The number of rotatable bonds is 1. The number of carbonyl (C=O) groups is 1. The van der Waals surface area contributed by atoms with Crippen LogP contribution in [-0.2, 0) is 4.79 Å². The van der Waals surface area contributed by atoms with Crippen molar-refractivity contribution in [3.63, 3.8) is 0 Å². The summed E-state index contributed by atoms with van der Waals surface area (Å²) in [6.45, 7) is 0. The highest BCUT2D eigenvalue weighted by atomic mass is 79.9. The summed E-state index contributed by atoms with van der Waals surface area (Å²) >= 11 is 4.87. The number of aliphatic hydroxyl groups is 1. The van der Waals surface area contributed by atoms with Crippen LogP contribution in [0.25, 0.3) is 5.57 Å². The maximum Gasteiger partial charge on any atom is 0.240 e. The van der Waals surface area contributed by atoms with Crippen molar-refractivity contribution in [1.29, 1.82) is 5.26 Å². The minimum atomic E-state index is -1.01. The molecule has 1 aromatic rings. The number of hydrogen-bond donors (Lipinski definition) is 2. The second kappa shape index (κ2) is 5.24. The van der Waals surface area contributed by atoms with E-state index in [0.29, 0.717) is 0 Å². The van der Waals surface area contributed by atoms with Crippen LogP contribution in [0.5, 0.6) is 0 Å². The summed E-state index contributed by atoms with van der Waals surface area (Å²) in [7, 11) is 0. The lowest BCUT2D eigenvalue weighted by Gasteiger charge is -2.35. The van der Waals surface area contributed by atoms with Gasteiger partial charge in [0.15, 0.2) is 5.92 Å². The fourth-order valence-electron chi connectivity index (χ4n) is 2.59. The third-order valence-electron chi connectivity index (χ3n) is 3.62. The molecule has 0 saturated carbocycles.